The molecule has 31 heavy (non-hydrogen) atoms. The molecule has 3 amide bonds. The summed E-state index contributed by atoms with van der Waals surface area (Å²) in [6, 6.07) is 22.3. The number of hydrogen-bond donors (Lipinski definition) is 2. The molecule has 1 aliphatic rings. The first-order valence-corrected chi connectivity index (χ1v) is 10.4. The molecule has 1 aliphatic heterocycles. The first-order valence-electron chi connectivity index (χ1n) is 10.4. The molecule has 0 aliphatic carbocycles. The summed E-state index contributed by atoms with van der Waals surface area (Å²) in [4.78, 5) is 27.0. The molecule has 0 saturated heterocycles. The molecule has 158 valence electrons. The summed E-state index contributed by atoms with van der Waals surface area (Å²) in [5.74, 6) is 0.763. The maximum Gasteiger partial charge on any atom is 0.319 e. The molecule has 2 N–H and O–H groups in total. The predicted molar refractivity (Wildman–Crippen MR) is 122 cm³/mol. The summed E-state index contributed by atoms with van der Waals surface area (Å²) in [5, 5.41) is 5.68. The van der Waals surface area contributed by atoms with E-state index in [9.17, 15) is 9.59 Å². The Labute approximate surface area is 181 Å². The Morgan fingerprint density at radius 1 is 1.00 bits per heavy atom. The molecule has 0 atom stereocenters. The van der Waals surface area contributed by atoms with Crippen molar-refractivity contribution in [3.05, 3.63) is 89.5 Å². The lowest BCUT2D eigenvalue weighted by atomic mass is 10.1. The zero-order valence-corrected chi connectivity index (χ0v) is 17.4. The minimum atomic E-state index is -0.290. The highest BCUT2D eigenvalue weighted by Gasteiger charge is 2.25. The van der Waals surface area contributed by atoms with Crippen molar-refractivity contribution < 1.29 is 14.3 Å². The van der Waals surface area contributed by atoms with Crippen LogP contribution >= 0.6 is 0 Å². The molecule has 6 nitrogen and oxygen atoms in total. The highest BCUT2D eigenvalue weighted by molar-refractivity contribution is 6.07. The predicted octanol–water partition coefficient (Wildman–Crippen LogP) is 4.61. The molecular weight excluding hydrogens is 390 g/mol. The van der Waals surface area contributed by atoms with Gasteiger partial charge in [0, 0.05) is 30.0 Å². The number of ether oxygens (including phenoxy) is 1. The van der Waals surface area contributed by atoms with E-state index in [0.29, 0.717) is 30.9 Å². The Morgan fingerprint density at radius 2 is 1.77 bits per heavy atom. The first kappa shape index (κ1) is 20.5. The third-order valence-electron chi connectivity index (χ3n) is 5.19. The fraction of sp³-hybridized carbons (Fsp3) is 0.200. The van der Waals surface area contributed by atoms with Crippen molar-refractivity contribution in [2.24, 2.45) is 0 Å². The molecule has 3 aromatic carbocycles. The Hall–Kier alpha value is -3.80. The Balaban J connectivity index is 1.38. The Bertz CT molecular complexity index is 1070. The summed E-state index contributed by atoms with van der Waals surface area (Å²) in [5.41, 5.74) is 4.36. The van der Waals surface area contributed by atoms with Gasteiger partial charge >= 0.3 is 6.03 Å². The van der Waals surface area contributed by atoms with Crippen molar-refractivity contribution in [1.29, 1.82) is 0 Å². The van der Waals surface area contributed by atoms with Crippen molar-refractivity contribution in [3.8, 4) is 5.75 Å². The maximum atomic E-state index is 12.9. The van der Waals surface area contributed by atoms with Crippen LogP contribution < -0.4 is 20.3 Å². The fourth-order valence-corrected chi connectivity index (χ4v) is 3.64. The lowest BCUT2D eigenvalue weighted by Crippen LogP contribution is -2.29. The molecule has 0 bridgehead atoms. The van der Waals surface area contributed by atoms with Crippen LogP contribution in [0.3, 0.4) is 0 Å². The van der Waals surface area contributed by atoms with Crippen LogP contribution in [0.15, 0.2) is 72.8 Å². The number of nitrogens with zero attached hydrogens (tertiary/aromatic N) is 1. The van der Waals surface area contributed by atoms with E-state index in [4.69, 9.17) is 4.74 Å². The zero-order valence-electron chi connectivity index (χ0n) is 17.4. The standard InChI is InChI=1S/C25H25N3O3/c1-2-31-22-12-10-21(11-13-22)27-25(30)26-17-18-8-9-19-14-15-28(23(19)16-18)24(29)20-6-4-3-5-7-20/h3-13,16H,2,14-15,17H2,1H3,(H2,26,27,30). The van der Waals surface area contributed by atoms with E-state index in [1.165, 1.54) is 0 Å². The lowest BCUT2D eigenvalue weighted by molar-refractivity contribution is 0.0989. The van der Waals surface area contributed by atoms with Crippen molar-refractivity contribution >= 4 is 23.3 Å². The number of fused-ring (bicyclic) bond motifs is 1. The first-order chi connectivity index (χ1) is 15.1. The molecule has 0 spiro atoms. The number of rotatable bonds is 6. The summed E-state index contributed by atoms with van der Waals surface area (Å²) >= 11 is 0. The molecule has 3 aromatic rings. The van der Waals surface area contributed by atoms with Gasteiger partial charge in [-0.2, -0.15) is 0 Å². The average Bonchev–Trinajstić information content (AvgIpc) is 3.22. The van der Waals surface area contributed by atoms with Gasteiger partial charge in [-0.25, -0.2) is 4.79 Å². The zero-order chi connectivity index (χ0) is 21.6. The number of amides is 3. The van der Waals surface area contributed by atoms with E-state index in [1.807, 2.05) is 72.5 Å². The summed E-state index contributed by atoms with van der Waals surface area (Å²) in [7, 11) is 0. The van der Waals surface area contributed by atoms with Crippen LogP contribution in [0, 0.1) is 0 Å². The van der Waals surface area contributed by atoms with Gasteiger partial charge in [-0.3, -0.25) is 4.79 Å². The topological polar surface area (TPSA) is 70.7 Å². The smallest absolute Gasteiger partial charge is 0.319 e. The van der Waals surface area contributed by atoms with Crippen molar-refractivity contribution in [3.63, 3.8) is 0 Å². The third kappa shape index (κ3) is 4.86. The van der Waals surface area contributed by atoms with Crippen LogP contribution in [0.4, 0.5) is 16.2 Å². The van der Waals surface area contributed by atoms with Crippen molar-refractivity contribution in [2.45, 2.75) is 19.9 Å². The number of carbonyl (C=O) groups is 2. The molecule has 0 unspecified atom stereocenters. The number of urea groups is 1. The van der Waals surface area contributed by atoms with Gasteiger partial charge in [0.05, 0.1) is 6.61 Å². The van der Waals surface area contributed by atoms with Crippen molar-refractivity contribution in [1.82, 2.24) is 5.32 Å². The number of nitrogens with one attached hydrogen (secondary N) is 2. The second-order valence-corrected chi connectivity index (χ2v) is 7.30. The number of benzene rings is 3. The van der Waals surface area contributed by atoms with Gasteiger partial charge in [0.1, 0.15) is 5.75 Å². The van der Waals surface area contributed by atoms with E-state index in [0.717, 1.165) is 29.0 Å². The van der Waals surface area contributed by atoms with Gasteiger partial charge in [0.25, 0.3) is 5.91 Å². The van der Waals surface area contributed by atoms with E-state index in [-0.39, 0.29) is 11.9 Å². The quantitative estimate of drug-likeness (QED) is 0.618. The fourth-order valence-electron chi connectivity index (χ4n) is 3.64. The van der Waals surface area contributed by atoms with Gasteiger partial charge in [-0.15, -0.1) is 0 Å². The SMILES string of the molecule is CCOc1ccc(NC(=O)NCc2ccc3c(c2)N(C(=O)c2ccccc2)CC3)cc1. The minimum Gasteiger partial charge on any atom is -0.494 e. The van der Waals surface area contributed by atoms with Crippen molar-refractivity contribution in [2.75, 3.05) is 23.4 Å². The average molecular weight is 415 g/mol. The normalized spacial score (nSPS) is 12.2. The number of anilines is 2. The monoisotopic (exact) mass is 415 g/mol. The van der Waals surface area contributed by atoms with E-state index in [2.05, 4.69) is 10.6 Å². The molecular formula is C25H25N3O3. The second-order valence-electron chi connectivity index (χ2n) is 7.30. The third-order valence-corrected chi connectivity index (χ3v) is 5.19. The van der Waals surface area contributed by atoms with Gasteiger partial charge in [-0.05, 0) is 66.9 Å². The van der Waals surface area contributed by atoms with Gasteiger partial charge in [0.15, 0.2) is 0 Å². The number of hydrogen-bond acceptors (Lipinski definition) is 3. The van der Waals surface area contributed by atoms with E-state index >= 15 is 0 Å². The van der Waals surface area contributed by atoms with Gasteiger partial charge in [0.2, 0.25) is 0 Å². The molecule has 0 aromatic heterocycles. The largest absolute Gasteiger partial charge is 0.494 e. The molecule has 0 saturated carbocycles. The molecule has 6 heteroatoms. The molecule has 0 fully saturated rings. The second kappa shape index (κ2) is 9.34. The molecule has 1 heterocycles. The van der Waals surface area contributed by atoms with Crippen LogP contribution in [-0.4, -0.2) is 25.1 Å². The van der Waals surface area contributed by atoms with Crippen LogP contribution in [0.1, 0.15) is 28.4 Å². The van der Waals surface area contributed by atoms with Gasteiger partial charge in [-0.1, -0.05) is 30.3 Å². The summed E-state index contributed by atoms with van der Waals surface area (Å²) < 4.78 is 5.41. The highest BCUT2D eigenvalue weighted by Crippen LogP contribution is 2.30. The van der Waals surface area contributed by atoms with Crippen LogP contribution in [0.5, 0.6) is 5.75 Å². The van der Waals surface area contributed by atoms with Crippen LogP contribution in [-0.2, 0) is 13.0 Å². The highest BCUT2D eigenvalue weighted by atomic mass is 16.5. The maximum absolute atomic E-state index is 12.9. The Kier molecular flexibility index (Phi) is 6.17. The van der Waals surface area contributed by atoms with E-state index < -0.39 is 0 Å². The van der Waals surface area contributed by atoms with Crippen LogP contribution in [0.2, 0.25) is 0 Å². The number of carbonyl (C=O) groups excluding carboxylic acids is 2. The van der Waals surface area contributed by atoms with Gasteiger partial charge < -0.3 is 20.3 Å². The minimum absolute atomic E-state index is 0.00213. The molecule has 4 rings (SSSR count). The molecule has 0 radical (unpaired) electrons. The summed E-state index contributed by atoms with van der Waals surface area (Å²) in [6.07, 6.45) is 0.833. The van der Waals surface area contributed by atoms with Crippen LogP contribution in [0.25, 0.3) is 0 Å². The lowest BCUT2D eigenvalue weighted by Gasteiger charge is -2.18. The van der Waals surface area contributed by atoms with E-state index in [1.54, 1.807) is 12.1 Å². The Morgan fingerprint density at radius 3 is 2.52 bits per heavy atom. The summed E-state index contributed by atoms with van der Waals surface area (Å²) in [6.45, 7) is 3.56.